The Morgan fingerprint density at radius 2 is 2.06 bits per heavy atom. The van der Waals surface area contributed by atoms with E-state index in [2.05, 4.69) is 4.72 Å². The van der Waals surface area contributed by atoms with Crippen LogP contribution >= 0.6 is 12.2 Å². The van der Waals surface area contributed by atoms with Gasteiger partial charge in [0.15, 0.2) is 5.05 Å². The summed E-state index contributed by atoms with van der Waals surface area (Å²) in [5, 5.41) is 0.486. The number of hydrogen-bond acceptors (Lipinski definition) is 4. The van der Waals surface area contributed by atoms with Gasteiger partial charge in [-0.3, -0.25) is 0 Å². The van der Waals surface area contributed by atoms with Gasteiger partial charge in [0.05, 0.1) is 4.90 Å². The van der Waals surface area contributed by atoms with Crippen LogP contribution in [0.1, 0.15) is 25.8 Å². The van der Waals surface area contributed by atoms with Crippen molar-refractivity contribution in [1.29, 1.82) is 0 Å². The number of sulfonamides is 1. The van der Waals surface area contributed by atoms with Gasteiger partial charge in [-0.2, -0.15) is 0 Å². The number of nitrogens with one attached hydrogen (secondary N) is 1. The lowest BCUT2D eigenvalue weighted by atomic mass is 10.2. The van der Waals surface area contributed by atoms with Crippen molar-refractivity contribution in [2.45, 2.75) is 32.1 Å². The van der Waals surface area contributed by atoms with E-state index in [1.807, 2.05) is 6.92 Å². The fourth-order valence-electron chi connectivity index (χ4n) is 1.37. The van der Waals surface area contributed by atoms with Gasteiger partial charge in [0.25, 0.3) is 0 Å². The van der Waals surface area contributed by atoms with E-state index >= 15 is 0 Å². The van der Waals surface area contributed by atoms with Gasteiger partial charge in [-0.15, -0.1) is 0 Å². The molecule has 0 saturated carbocycles. The molecule has 0 spiro atoms. The third kappa shape index (κ3) is 3.76. The Balaban J connectivity index is 3.03. The van der Waals surface area contributed by atoms with E-state index in [-0.39, 0.29) is 4.90 Å². The highest BCUT2D eigenvalue weighted by molar-refractivity contribution is 7.89. The molecule has 0 aliphatic heterocycles. The molecule has 0 amide bonds. The Labute approximate surface area is 113 Å². The quantitative estimate of drug-likeness (QED) is 0.845. The van der Waals surface area contributed by atoms with Crippen LogP contribution in [-0.4, -0.2) is 20.0 Å². The van der Waals surface area contributed by atoms with Gasteiger partial charge in [0, 0.05) is 13.0 Å². The summed E-state index contributed by atoms with van der Waals surface area (Å²) in [7, 11) is -3.42. The van der Waals surface area contributed by atoms with Gasteiger partial charge in [0.2, 0.25) is 10.0 Å². The third-order valence-corrected chi connectivity index (χ3v) is 4.22. The van der Waals surface area contributed by atoms with Gasteiger partial charge < -0.3 is 4.74 Å². The van der Waals surface area contributed by atoms with Crippen molar-refractivity contribution >= 4 is 27.3 Å². The molecule has 0 heterocycles. The first-order chi connectivity index (χ1) is 8.40. The molecule has 0 aliphatic rings. The zero-order chi connectivity index (χ0) is 13.8. The van der Waals surface area contributed by atoms with Gasteiger partial charge in [-0.05, 0) is 42.9 Å². The molecule has 6 heteroatoms. The van der Waals surface area contributed by atoms with E-state index in [0.29, 0.717) is 23.8 Å². The Morgan fingerprint density at radius 3 is 2.56 bits per heavy atom. The van der Waals surface area contributed by atoms with E-state index in [4.69, 9.17) is 17.0 Å². The zero-order valence-corrected chi connectivity index (χ0v) is 12.3. The number of hydrogen-bond donors (Lipinski definition) is 1. The minimum Gasteiger partial charge on any atom is -0.450 e. The molecule has 18 heavy (non-hydrogen) atoms. The standard InChI is InChI=1S/C12H17NO3S2/c1-4-12(17)16-11-7-6-10(8-9(11)3)18(14,15)13-5-2/h6-8,13H,4-5H2,1-3H3. The van der Waals surface area contributed by atoms with Crippen molar-refractivity contribution in [3.63, 3.8) is 0 Å². The summed E-state index contributed by atoms with van der Waals surface area (Å²) in [6.45, 7) is 5.79. The molecule has 0 bridgehead atoms. The summed E-state index contributed by atoms with van der Waals surface area (Å²) in [5.74, 6) is 0.595. The molecular weight excluding hydrogens is 270 g/mol. The molecule has 0 radical (unpaired) electrons. The normalized spacial score (nSPS) is 11.3. The van der Waals surface area contributed by atoms with E-state index in [0.717, 1.165) is 5.56 Å². The van der Waals surface area contributed by atoms with Crippen molar-refractivity contribution < 1.29 is 13.2 Å². The first kappa shape index (κ1) is 15.1. The maximum atomic E-state index is 11.8. The Morgan fingerprint density at radius 1 is 1.39 bits per heavy atom. The molecule has 1 rings (SSSR count). The third-order valence-electron chi connectivity index (χ3n) is 2.30. The number of benzene rings is 1. The van der Waals surface area contributed by atoms with Crippen LogP contribution in [0, 0.1) is 6.92 Å². The molecule has 0 aliphatic carbocycles. The number of rotatable bonds is 5. The van der Waals surface area contributed by atoms with Gasteiger partial charge >= 0.3 is 0 Å². The van der Waals surface area contributed by atoms with Crippen LogP contribution in [0.25, 0.3) is 0 Å². The average Bonchev–Trinajstić information content (AvgIpc) is 2.31. The molecule has 100 valence electrons. The molecule has 4 nitrogen and oxygen atoms in total. The first-order valence-electron chi connectivity index (χ1n) is 5.71. The number of aryl methyl sites for hydroxylation is 1. The SMILES string of the molecule is CCNS(=O)(=O)c1ccc(OC(=S)CC)c(C)c1. The second kappa shape index (κ2) is 6.26. The monoisotopic (exact) mass is 287 g/mol. The summed E-state index contributed by atoms with van der Waals surface area (Å²) in [6.07, 6.45) is 0.645. The molecule has 0 saturated heterocycles. The van der Waals surface area contributed by atoms with Crippen molar-refractivity contribution in [3.05, 3.63) is 23.8 Å². The molecule has 0 aromatic heterocycles. The number of thiocarbonyl (C=S) groups is 1. The summed E-state index contributed by atoms with van der Waals surface area (Å²) < 4.78 is 31.5. The Bertz CT molecular complexity index is 538. The van der Waals surface area contributed by atoms with Crippen LogP contribution in [0.4, 0.5) is 0 Å². The summed E-state index contributed by atoms with van der Waals surface area (Å²) in [6, 6.07) is 4.71. The largest absolute Gasteiger partial charge is 0.450 e. The van der Waals surface area contributed by atoms with Crippen LogP contribution in [0.3, 0.4) is 0 Å². The number of ether oxygens (including phenoxy) is 1. The summed E-state index contributed by atoms with van der Waals surface area (Å²) in [4.78, 5) is 0.233. The van der Waals surface area contributed by atoms with E-state index in [9.17, 15) is 8.42 Å². The maximum Gasteiger partial charge on any atom is 0.240 e. The molecular formula is C12H17NO3S2. The average molecular weight is 287 g/mol. The van der Waals surface area contributed by atoms with Crippen LogP contribution in [0.15, 0.2) is 23.1 Å². The molecule has 0 fully saturated rings. The fourth-order valence-corrected chi connectivity index (χ4v) is 2.59. The van der Waals surface area contributed by atoms with Crippen LogP contribution in [0.5, 0.6) is 5.75 Å². The predicted molar refractivity (Wildman–Crippen MR) is 75.6 cm³/mol. The van der Waals surface area contributed by atoms with Gasteiger partial charge in [-0.25, -0.2) is 13.1 Å². The summed E-state index contributed by atoms with van der Waals surface area (Å²) in [5.41, 5.74) is 0.741. The minimum absolute atomic E-state index is 0.233. The topological polar surface area (TPSA) is 55.4 Å². The molecule has 0 unspecified atom stereocenters. The second-order valence-electron chi connectivity index (χ2n) is 3.76. The van der Waals surface area contributed by atoms with Crippen molar-refractivity contribution in [2.24, 2.45) is 0 Å². The van der Waals surface area contributed by atoms with E-state index < -0.39 is 10.0 Å². The predicted octanol–water partition coefficient (Wildman–Crippen LogP) is 2.41. The highest BCUT2D eigenvalue weighted by atomic mass is 32.2. The highest BCUT2D eigenvalue weighted by Gasteiger charge is 2.14. The van der Waals surface area contributed by atoms with Gasteiger partial charge in [0.1, 0.15) is 5.75 Å². The molecule has 1 aromatic carbocycles. The smallest absolute Gasteiger partial charge is 0.240 e. The zero-order valence-electron chi connectivity index (χ0n) is 10.7. The Kier molecular flexibility index (Phi) is 5.25. The minimum atomic E-state index is -3.42. The lowest BCUT2D eigenvalue weighted by Crippen LogP contribution is -2.23. The molecule has 1 aromatic rings. The van der Waals surface area contributed by atoms with Crippen LogP contribution in [-0.2, 0) is 10.0 Å². The van der Waals surface area contributed by atoms with Crippen molar-refractivity contribution in [1.82, 2.24) is 4.72 Å². The van der Waals surface area contributed by atoms with Crippen molar-refractivity contribution in [3.8, 4) is 5.75 Å². The van der Waals surface area contributed by atoms with E-state index in [1.165, 1.54) is 6.07 Å². The van der Waals surface area contributed by atoms with Crippen LogP contribution in [0.2, 0.25) is 0 Å². The van der Waals surface area contributed by atoms with E-state index in [1.54, 1.807) is 26.0 Å². The summed E-state index contributed by atoms with van der Waals surface area (Å²) >= 11 is 4.99. The second-order valence-corrected chi connectivity index (χ2v) is 5.98. The lowest BCUT2D eigenvalue weighted by molar-refractivity contribution is 0.545. The maximum absolute atomic E-state index is 11.8. The van der Waals surface area contributed by atoms with Crippen LogP contribution < -0.4 is 9.46 Å². The molecule has 0 atom stereocenters. The molecule has 1 N–H and O–H groups in total. The fraction of sp³-hybridized carbons (Fsp3) is 0.417. The first-order valence-corrected chi connectivity index (χ1v) is 7.60. The van der Waals surface area contributed by atoms with Gasteiger partial charge in [-0.1, -0.05) is 13.8 Å². The Hall–Kier alpha value is -0.980. The van der Waals surface area contributed by atoms with Crippen molar-refractivity contribution in [2.75, 3.05) is 6.54 Å². The lowest BCUT2D eigenvalue weighted by Gasteiger charge is -2.10. The highest BCUT2D eigenvalue weighted by Crippen LogP contribution is 2.22.